The zero-order chi connectivity index (χ0) is 18.2. The predicted octanol–water partition coefficient (Wildman–Crippen LogP) is 3.45. The topological polar surface area (TPSA) is 76.7 Å². The van der Waals surface area contributed by atoms with E-state index in [1.165, 1.54) is 6.92 Å². The van der Waals surface area contributed by atoms with Crippen molar-refractivity contribution in [2.75, 3.05) is 17.2 Å². The Labute approximate surface area is 147 Å². The number of rotatable bonds is 7. The highest BCUT2D eigenvalue weighted by atomic mass is 16.5. The second-order valence-corrected chi connectivity index (χ2v) is 5.39. The average Bonchev–Trinajstić information content (AvgIpc) is 2.58. The maximum absolute atomic E-state index is 12.3. The van der Waals surface area contributed by atoms with E-state index in [4.69, 9.17) is 9.47 Å². The van der Waals surface area contributed by atoms with Gasteiger partial charge in [-0.25, -0.2) is 0 Å². The fourth-order valence-electron chi connectivity index (χ4n) is 2.15. The van der Waals surface area contributed by atoms with Crippen molar-refractivity contribution >= 4 is 23.2 Å². The highest BCUT2D eigenvalue weighted by molar-refractivity contribution is 5.94. The van der Waals surface area contributed by atoms with Gasteiger partial charge in [0.2, 0.25) is 5.91 Å². The van der Waals surface area contributed by atoms with Crippen molar-refractivity contribution in [1.82, 2.24) is 0 Å². The zero-order valence-corrected chi connectivity index (χ0v) is 14.5. The summed E-state index contributed by atoms with van der Waals surface area (Å²) in [5.74, 6) is 0.697. The molecule has 2 aromatic rings. The number of ether oxygens (including phenoxy) is 2. The van der Waals surface area contributed by atoms with E-state index in [1.807, 2.05) is 19.1 Å². The first-order valence-corrected chi connectivity index (χ1v) is 8.06. The van der Waals surface area contributed by atoms with Crippen molar-refractivity contribution in [3.63, 3.8) is 0 Å². The summed E-state index contributed by atoms with van der Waals surface area (Å²) in [6, 6.07) is 14.1. The Kier molecular flexibility index (Phi) is 6.39. The second-order valence-electron chi connectivity index (χ2n) is 5.39. The largest absolute Gasteiger partial charge is 0.490 e. The minimum atomic E-state index is -0.698. The maximum Gasteiger partial charge on any atom is 0.265 e. The number of hydrogen-bond donors (Lipinski definition) is 2. The molecule has 0 bridgehead atoms. The van der Waals surface area contributed by atoms with E-state index in [1.54, 1.807) is 43.3 Å². The van der Waals surface area contributed by atoms with E-state index in [0.717, 1.165) is 0 Å². The van der Waals surface area contributed by atoms with Crippen molar-refractivity contribution in [2.24, 2.45) is 0 Å². The Bertz CT molecular complexity index is 728. The second kappa shape index (κ2) is 8.73. The van der Waals surface area contributed by atoms with Crippen LogP contribution in [-0.4, -0.2) is 24.5 Å². The molecule has 6 nitrogen and oxygen atoms in total. The van der Waals surface area contributed by atoms with Crippen LogP contribution in [0.25, 0.3) is 0 Å². The van der Waals surface area contributed by atoms with Crippen molar-refractivity contribution in [1.29, 1.82) is 0 Å². The van der Waals surface area contributed by atoms with Crippen LogP contribution in [0.1, 0.15) is 20.8 Å². The number of nitrogens with one attached hydrogen (secondary N) is 2. The number of benzene rings is 2. The van der Waals surface area contributed by atoms with E-state index in [-0.39, 0.29) is 11.8 Å². The summed E-state index contributed by atoms with van der Waals surface area (Å²) in [7, 11) is 0. The molecule has 2 rings (SSSR count). The van der Waals surface area contributed by atoms with Crippen LogP contribution in [0, 0.1) is 0 Å². The molecule has 0 saturated carbocycles. The molecular formula is C19H22N2O4. The van der Waals surface area contributed by atoms with Gasteiger partial charge in [-0.2, -0.15) is 0 Å². The Hall–Kier alpha value is -3.02. The molecule has 0 saturated heterocycles. The lowest BCUT2D eigenvalue weighted by atomic mass is 10.2. The van der Waals surface area contributed by atoms with E-state index in [0.29, 0.717) is 29.5 Å². The first-order valence-electron chi connectivity index (χ1n) is 8.06. The van der Waals surface area contributed by atoms with E-state index in [2.05, 4.69) is 10.6 Å². The Morgan fingerprint density at radius 2 is 1.52 bits per heavy atom. The van der Waals surface area contributed by atoms with Gasteiger partial charge in [-0.1, -0.05) is 12.1 Å². The summed E-state index contributed by atoms with van der Waals surface area (Å²) < 4.78 is 11.2. The summed E-state index contributed by atoms with van der Waals surface area (Å²) >= 11 is 0. The molecule has 6 heteroatoms. The van der Waals surface area contributed by atoms with Crippen LogP contribution in [0.5, 0.6) is 11.5 Å². The molecule has 0 fully saturated rings. The first-order chi connectivity index (χ1) is 12.0. The molecule has 0 unspecified atom stereocenters. The SMILES string of the molecule is CCOc1ccccc1O[C@@H](C)C(=O)Nc1ccc(NC(C)=O)cc1. The molecule has 2 aromatic carbocycles. The lowest BCUT2D eigenvalue weighted by molar-refractivity contribution is -0.122. The third-order valence-corrected chi connectivity index (χ3v) is 3.29. The van der Waals surface area contributed by atoms with Crippen molar-refractivity contribution in [2.45, 2.75) is 26.9 Å². The molecule has 2 amide bonds. The molecule has 0 spiro atoms. The van der Waals surface area contributed by atoms with Crippen molar-refractivity contribution in [3.8, 4) is 11.5 Å². The first kappa shape index (κ1) is 18.3. The number of hydrogen-bond acceptors (Lipinski definition) is 4. The van der Waals surface area contributed by atoms with Gasteiger partial charge in [0.1, 0.15) is 0 Å². The third kappa shape index (κ3) is 5.53. The highest BCUT2D eigenvalue weighted by Crippen LogP contribution is 2.27. The third-order valence-electron chi connectivity index (χ3n) is 3.29. The monoisotopic (exact) mass is 342 g/mol. The van der Waals surface area contributed by atoms with Gasteiger partial charge < -0.3 is 20.1 Å². The summed E-state index contributed by atoms with van der Waals surface area (Å²) in [5, 5.41) is 5.45. The lowest BCUT2D eigenvalue weighted by Gasteiger charge is -2.17. The van der Waals surface area contributed by atoms with Gasteiger partial charge in [-0.3, -0.25) is 9.59 Å². The maximum atomic E-state index is 12.3. The number of carbonyl (C=O) groups excluding carboxylic acids is 2. The molecule has 1 atom stereocenters. The van der Waals surface area contributed by atoms with Crippen molar-refractivity contribution < 1.29 is 19.1 Å². The van der Waals surface area contributed by atoms with Crippen LogP contribution in [0.15, 0.2) is 48.5 Å². The molecule has 0 aliphatic carbocycles. The molecule has 0 aliphatic rings. The van der Waals surface area contributed by atoms with Crippen LogP contribution in [0.4, 0.5) is 11.4 Å². The normalized spacial score (nSPS) is 11.3. The summed E-state index contributed by atoms with van der Waals surface area (Å²) in [5.41, 5.74) is 1.29. The average molecular weight is 342 g/mol. The standard InChI is InChI=1S/C19H22N2O4/c1-4-24-17-7-5-6-8-18(17)25-13(2)19(23)21-16-11-9-15(10-12-16)20-14(3)22/h5-13H,4H2,1-3H3,(H,20,22)(H,21,23)/t13-/m0/s1. The Morgan fingerprint density at radius 1 is 0.960 bits per heavy atom. The molecule has 132 valence electrons. The predicted molar refractivity (Wildman–Crippen MR) is 97.1 cm³/mol. The lowest BCUT2D eigenvalue weighted by Crippen LogP contribution is -2.30. The van der Waals surface area contributed by atoms with Crippen LogP contribution >= 0.6 is 0 Å². The quantitative estimate of drug-likeness (QED) is 0.808. The minimum Gasteiger partial charge on any atom is -0.490 e. The summed E-state index contributed by atoms with van der Waals surface area (Å²) in [4.78, 5) is 23.3. The molecule has 0 radical (unpaired) electrons. The van der Waals surface area contributed by atoms with E-state index in [9.17, 15) is 9.59 Å². The molecule has 25 heavy (non-hydrogen) atoms. The number of para-hydroxylation sites is 2. The van der Waals surface area contributed by atoms with Gasteiger partial charge in [0.25, 0.3) is 5.91 Å². The summed E-state index contributed by atoms with van der Waals surface area (Å²) in [6.07, 6.45) is -0.698. The van der Waals surface area contributed by atoms with E-state index >= 15 is 0 Å². The summed E-state index contributed by atoms with van der Waals surface area (Å²) in [6.45, 7) is 5.51. The van der Waals surface area contributed by atoms with Gasteiger partial charge in [-0.15, -0.1) is 0 Å². The fourth-order valence-corrected chi connectivity index (χ4v) is 2.15. The number of carbonyl (C=O) groups is 2. The van der Waals surface area contributed by atoms with Crippen LogP contribution in [0.2, 0.25) is 0 Å². The highest BCUT2D eigenvalue weighted by Gasteiger charge is 2.17. The molecule has 0 aromatic heterocycles. The van der Waals surface area contributed by atoms with Gasteiger partial charge in [0.15, 0.2) is 17.6 Å². The van der Waals surface area contributed by atoms with Crippen molar-refractivity contribution in [3.05, 3.63) is 48.5 Å². The van der Waals surface area contributed by atoms with Crippen LogP contribution in [-0.2, 0) is 9.59 Å². The fraction of sp³-hybridized carbons (Fsp3) is 0.263. The molecule has 2 N–H and O–H groups in total. The van der Waals surface area contributed by atoms with Gasteiger partial charge in [0, 0.05) is 18.3 Å². The van der Waals surface area contributed by atoms with Gasteiger partial charge in [-0.05, 0) is 50.2 Å². The van der Waals surface area contributed by atoms with Crippen LogP contribution in [0.3, 0.4) is 0 Å². The van der Waals surface area contributed by atoms with Gasteiger partial charge >= 0.3 is 0 Å². The minimum absolute atomic E-state index is 0.147. The zero-order valence-electron chi connectivity index (χ0n) is 14.5. The number of amides is 2. The molecular weight excluding hydrogens is 320 g/mol. The smallest absolute Gasteiger partial charge is 0.265 e. The van der Waals surface area contributed by atoms with Crippen LogP contribution < -0.4 is 20.1 Å². The molecule has 0 aliphatic heterocycles. The van der Waals surface area contributed by atoms with Gasteiger partial charge in [0.05, 0.1) is 6.61 Å². The molecule has 0 heterocycles. The number of anilines is 2. The Balaban J connectivity index is 1.97. The Morgan fingerprint density at radius 3 is 2.08 bits per heavy atom. The van der Waals surface area contributed by atoms with E-state index < -0.39 is 6.10 Å².